The van der Waals surface area contributed by atoms with Gasteiger partial charge in [-0.3, -0.25) is 4.90 Å². The minimum absolute atomic E-state index is 0.144. The number of halogens is 1. The molecule has 3 aromatic rings. The van der Waals surface area contributed by atoms with Crippen LogP contribution in [-0.4, -0.2) is 15.9 Å². The molecule has 116 valence electrons. The third-order valence-electron chi connectivity index (χ3n) is 5.51. The van der Waals surface area contributed by atoms with Gasteiger partial charge in [-0.25, -0.2) is 4.39 Å². The van der Waals surface area contributed by atoms with Crippen molar-refractivity contribution < 1.29 is 4.39 Å². The van der Waals surface area contributed by atoms with Crippen molar-refractivity contribution in [2.45, 2.75) is 37.9 Å². The third kappa shape index (κ3) is 2.03. The number of H-pyrrole nitrogens is 1. The molecule has 1 fully saturated rings. The summed E-state index contributed by atoms with van der Waals surface area (Å²) in [5, 5.41) is 1.07. The lowest BCUT2D eigenvalue weighted by Crippen LogP contribution is -2.36. The van der Waals surface area contributed by atoms with Crippen LogP contribution in [0.15, 0.2) is 48.5 Å². The molecule has 2 aliphatic rings. The van der Waals surface area contributed by atoms with Crippen LogP contribution in [-0.2, 0) is 13.0 Å². The van der Waals surface area contributed by atoms with Crippen molar-refractivity contribution >= 4 is 10.9 Å². The molecule has 0 spiro atoms. The monoisotopic (exact) mass is 306 g/mol. The largest absolute Gasteiger partial charge is 0.358 e. The Morgan fingerprint density at radius 3 is 2.83 bits per heavy atom. The zero-order valence-electron chi connectivity index (χ0n) is 12.9. The molecule has 2 aliphatic heterocycles. The molecule has 0 radical (unpaired) electrons. The fourth-order valence-electron chi connectivity index (χ4n) is 4.52. The molecular formula is C20H19FN2. The van der Waals surface area contributed by atoms with Crippen LogP contribution in [0, 0.1) is 5.82 Å². The van der Waals surface area contributed by atoms with Crippen molar-refractivity contribution in [3.8, 4) is 0 Å². The molecule has 5 rings (SSSR count). The first-order valence-electron chi connectivity index (χ1n) is 8.39. The summed E-state index contributed by atoms with van der Waals surface area (Å²) in [7, 11) is 0. The summed E-state index contributed by atoms with van der Waals surface area (Å²) < 4.78 is 13.7. The fourth-order valence-corrected chi connectivity index (χ4v) is 4.52. The Morgan fingerprint density at radius 2 is 1.96 bits per heavy atom. The van der Waals surface area contributed by atoms with E-state index in [1.165, 1.54) is 29.7 Å². The van der Waals surface area contributed by atoms with E-state index in [2.05, 4.69) is 40.2 Å². The first kappa shape index (κ1) is 13.3. The highest BCUT2D eigenvalue weighted by atomic mass is 19.1. The molecule has 1 aromatic heterocycles. The maximum atomic E-state index is 13.7. The standard InChI is InChI=1S/C20H19FN2/c21-14-6-8-17-16(10-14)20-18(22-17)11-15-7-9-19(20)23(15)12-13-4-2-1-3-5-13/h1-6,8,10,15,19,22H,7,9,11-12H2/t15-,19+/m0/s1. The van der Waals surface area contributed by atoms with Crippen molar-refractivity contribution in [2.24, 2.45) is 0 Å². The molecule has 3 heteroatoms. The summed E-state index contributed by atoms with van der Waals surface area (Å²) in [6, 6.07) is 16.8. The normalized spacial score (nSPS) is 23.3. The van der Waals surface area contributed by atoms with E-state index in [1.54, 1.807) is 12.1 Å². The topological polar surface area (TPSA) is 19.0 Å². The maximum absolute atomic E-state index is 13.7. The van der Waals surface area contributed by atoms with Crippen molar-refractivity contribution in [1.29, 1.82) is 0 Å². The van der Waals surface area contributed by atoms with Crippen molar-refractivity contribution in [2.75, 3.05) is 0 Å². The quantitative estimate of drug-likeness (QED) is 0.735. The van der Waals surface area contributed by atoms with E-state index >= 15 is 0 Å². The van der Waals surface area contributed by atoms with Gasteiger partial charge in [0.2, 0.25) is 0 Å². The highest BCUT2D eigenvalue weighted by molar-refractivity contribution is 5.85. The average molecular weight is 306 g/mol. The van der Waals surface area contributed by atoms with E-state index in [4.69, 9.17) is 0 Å². The molecule has 2 bridgehead atoms. The molecule has 2 aromatic carbocycles. The maximum Gasteiger partial charge on any atom is 0.123 e. The Hall–Kier alpha value is -2.13. The number of nitrogens with one attached hydrogen (secondary N) is 1. The second-order valence-corrected chi connectivity index (χ2v) is 6.82. The SMILES string of the molecule is Fc1ccc2[nH]c3c(c2c1)[C@H]1CC[C@@H](C3)N1Cc1ccccc1. The van der Waals surface area contributed by atoms with Gasteiger partial charge in [0.25, 0.3) is 0 Å². The number of hydrogen-bond acceptors (Lipinski definition) is 1. The van der Waals surface area contributed by atoms with Gasteiger partial charge in [0.05, 0.1) is 0 Å². The molecule has 0 saturated carbocycles. The van der Waals surface area contributed by atoms with Gasteiger partial charge in [0.1, 0.15) is 5.82 Å². The minimum Gasteiger partial charge on any atom is -0.358 e. The van der Waals surface area contributed by atoms with E-state index in [1.807, 2.05) is 6.07 Å². The molecular weight excluding hydrogens is 287 g/mol. The van der Waals surface area contributed by atoms with Gasteiger partial charge in [0, 0.05) is 41.6 Å². The molecule has 0 aliphatic carbocycles. The van der Waals surface area contributed by atoms with E-state index in [0.29, 0.717) is 12.1 Å². The zero-order chi connectivity index (χ0) is 15.4. The predicted molar refractivity (Wildman–Crippen MR) is 89.7 cm³/mol. The van der Waals surface area contributed by atoms with Crippen LogP contribution >= 0.6 is 0 Å². The van der Waals surface area contributed by atoms with Crippen molar-refractivity contribution in [3.05, 3.63) is 71.2 Å². The van der Waals surface area contributed by atoms with E-state index in [0.717, 1.165) is 23.9 Å². The Balaban J connectivity index is 1.58. The van der Waals surface area contributed by atoms with E-state index in [-0.39, 0.29) is 5.82 Å². The summed E-state index contributed by atoms with van der Waals surface area (Å²) >= 11 is 0. The lowest BCUT2D eigenvalue weighted by Gasteiger charge is -2.35. The van der Waals surface area contributed by atoms with Crippen LogP contribution in [0.4, 0.5) is 4.39 Å². The molecule has 2 atom stereocenters. The summed E-state index contributed by atoms with van der Waals surface area (Å²) in [4.78, 5) is 6.16. The lowest BCUT2D eigenvalue weighted by molar-refractivity contribution is 0.168. The van der Waals surface area contributed by atoms with Crippen LogP contribution in [0.1, 0.15) is 35.7 Å². The first-order chi connectivity index (χ1) is 11.3. The van der Waals surface area contributed by atoms with Crippen LogP contribution in [0.25, 0.3) is 10.9 Å². The molecule has 1 N–H and O–H groups in total. The summed E-state index contributed by atoms with van der Waals surface area (Å²) in [6.45, 7) is 0.984. The Bertz CT molecular complexity index is 868. The number of aromatic amines is 1. The summed E-state index contributed by atoms with van der Waals surface area (Å²) in [5.74, 6) is -0.144. The van der Waals surface area contributed by atoms with Gasteiger partial charge < -0.3 is 4.98 Å². The number of nitrogens with zero attached hydrogens (tertiary/aromatic N) is 1. The summed E-state index contributed by atoms with van der Waals surface area (Å²) in [6.07, 6.45) is 3.46. The van der Waals surface area contributed by atoms with Gasteiger partial charge in [-0.05, 0) is 42.2 Å². The molecule has 2 nitrogen and oxygen atoms in total. The average Bonchev–Trinajstić information content (AvgIpc) is 3.04. The van der Waals surface area contributed by atoms with Crippen LogP contribution in [0.5, 0.6) is 0 Å². The number of aromatic nitrogens is 1. The molecule has 0 amide bonds. The molecule has 1 saturated heterocycles. The summed E-state index contributed by atoms with van der Waals surface area (Å²) in [5.41, 5.74) is 5.09. The Morgan fingerprint density at radius 1 is 1.09 bits per heavy atom. The minimum atomic E-state index is -0.144. The Kier molecular flexibility index (Phi) is 2.86. The first-order valence-corrected chi connectivity index (χ1v) is 8.39. The lowest BCUT2D eigenvalue weighted by atomic mass is 9.96. The predicted octanol–water partition coefficient (Wildman–Crippen LogP) is 4.57. The number of benzene rings is 2. The second kappa shape index (κ2) is 4.93. The second-order valence-electron chi connectivity index (χ2n) is 6.82. The van der Waals surface area contributed by atoms with E-state index in [9.17, 15) is 4.39 Å². The number of rotatable bonds is 2. The smallest absolute Gasteiger partial charge is 0.123 e. The van der Waals surface area contributed by atoms with Gasteiger partial charge >= 0.3 is 0 Å². The zero-order valence-corrected chi connectivity index (χ0v) is 12.9. The van der Waals surface area contributed by atoms with Gasteiger partial charge in [-0.15, -0.1) is 0 Å². The van der Waals surface area contributed by atoms with Crippen molar-refractivity contribution in [1.82, 2.24) is 9.88 Å². The van der Waals surface area contributed by atoms with Gasteiger partial charge in [-0.2, -0.15) is 0 Å². The van der Waals surface area contributed by atoms with Gasteiger partial charge in [-0.1, -0.05) is 30.3 Å². The number of hydrogen-bond donors (Lipinski definition) is 1. The molecule has 23 heavy (non-hydrogen) atoms. The highest BCUT2D eigenvalue weighted by Gasteiger charge is 2.41. The van der Waals surface area contributed by atoms with E-state index < -0.39 is 0 Å². The van der Waals surface area contributed by atoms with Crippen LogP contribution in [0.3, 0.4) is 0 Å². The molecule has 0 unspecified atom stereocenters. The fraction of sp³-hybridized carbons (Fsp3) is 0.300. The number of fused-ring (bicyclic) bond motifs is 6. The van der Waals surface area contributed by atoms with Gasteiger partial charge in [0.15, 0.2) is 0 Å². The van der Waals surface area contributed by atoms with Crippen LogP contribution in [0.2, 0.25) is 0 Å². The molecule has 3 heterocycles. The highest BCUT2D eigenvalue weighted by Crippen LogP contribution is 2.47. The van der Waals surface area contributed by atoms with Crippen molar-refractivity contribution in [3.63, 3.8) is 0 Å². The van der Waals surface area contributed by atoms with Crippen LogP contribution < -0.4 is 0 Å². The third-order valence-corrected chi connectivity index (χ3v) is 5.51. The Labute approximate surface area is 134 Å².